The van der Waals surface area contributed by atoms with Crippen molar-refractivity contribution in [3.8, 4) is 0 Å². The molecule has 0 heterocycles. The molecule has 29 heteroatoms. The molecule has 61 heavy (non-hydrogen) atoms. The molecule has 2 atom stereocenters. The molecular weight excluding hydrogens is 1180 g/mol. The maximum atomic E-state index is 14.6. The Morgan fingerprint density at radius 1 is 0.443 bits per heavy atom. The van der Waals surface area contributed by atoms with Crippen molar-refractivity contribution >= 4 is 69.4 Å². The second-order valence-electron chi connectivity index (χ2n) is 15.5. The first kappa shape index (κ1) is 62.5. The van der Waals surface area contributed by atoms with Crippen LogP contribution in [-0.2, 0) is 0 Å². The molecule has 0 saturated heterocycles. The van der Waals surface area contributed by atoms with Gasteiger partial charge in [-0.1, -0.05) is 114 Å². The summed E-state index contributed by atoms with van der Waals surface area (Å²) in [7, 11) is -9.11. The number of rotatable bonds is 21. The van der Waals surface area contributed by atoms with Gasteiger partial charge in [-0.15, -0.1) is 13.2 Å². The zero-order valence-electron chi connectivity index (χ0n) is 32.8. The number of halogens is 26. The molecule has 0 radical (unpaired) electrons. The molecule has 0 aromatic carbocycles. The Morgan fingerprint density at radius 2 is 0.721 bits per heavy atom. The maximum Gasteiger partial charge on any atom is 0.385 e. The SMILES string of the molecule is C=C[Si](C)(C)C=C.CCC(I)[Si](C)(C)C(I)CC(F)(F)C(F)(F)C(F)(F)C(F)(F)C(F)(F)C(F)(F)/C=C/[Si](C)(C)/C=C/C(F)(F)C(F)(F)C(F)(F)C(F)(F)C(F)(F)C(C)(F)F. The smallest absolute Gasteiger partial charge is 0.200 e. The van der Waals surface area contributed by atoms with Crippen LogP contribution < -0.4 is 0 Å². The Hall–Kier alpha value is -0.609. The van der Waals surface area contributed by atoms with Gasteiger partial charge >= 0.3 is 71.1 Å². The lowest BCUT2D eigenvalue weighted by Crippen LogP contribution is -2.70. The Balaban J connectivity index is 0. The molecule has 0 spiro atoms. The normalized spacial score (nSPS) is 17.0. The Bertz CT molecular complexity index is 1560. The molecule has 0 aliphatic rings. The third-order valence-corrected chi connectivity index (χ3v) is 28.1. The standard InChI is InChI=1S/C26H28F24I2Si2.C6H12Si/c1-7-13(51)54(5,6)14(52)12-18(33,34)22(41,42)26(49,50)25(47,48)21(39,40)17(31,32)9-11-53(3,4)10-8-16(29,30)20(37,38)24(45,46)23(43,44)19(35,36)15(2,27)28;1-5-7(3,4)6-2/h8-11,13-14H,7,12H2,1-6H3;5-6H,1-2H2,3-4H3/b10-8+,11-9+;. The van der Waals surface area contributed by atoms with Crippen molar-refractivity contribution in [2.45, 2.75) is 144 Å². The van der Waals surface area contributed by atoms with Crippen LogP contribution in [0.25, 0.3) is 0 Å². The monoisotopic (exact) mass is 1220 g/mol. The van der Waals surface area contributed by atoms with Crippen LogP contribution >= 0.6 is 45.2 Å². The van der Waals surface area contributed by atoms with Gasteiger partial charge < -0.3 is 0 Å². The second-order valence-corrected chi connectivity index (χ2v) is 34.7. The summed E-state index contributed by atoms with van der Waals surface area (Å²) in [6.07, 6.45) is -5.26. The molecule has 0 nitrogen and oxygen atoms in total. The quantitative estimate of drug-likeness (QED) is 0.0465. The van der Waals surface area contributed by atoms with Gasteiger partial charge in [0.25, 0.3) is 0 Å². The molecule has 362 valence electrons. The fourth-order valence-electron chi connectivity index (χ4n) is 4.04. The molecule has 0 rings (SSSR count). The topological polar surface area (TPSA) is 0 Å². The molecule has 0 N–H and O–H groups in total. The number of hydrogen-bond acceptors (Lipinski definition) is 0. The molecule has 0 fully saturated rings. The molecule has 0 bridgehead atoms. The highest BCUT2D eigenvalue weighted by Crippen LogP contribution is 2.62. The van der Waals surface area contributed by atoms with Crippen molar-refractivity contribution in [1.82, 2.24) is 0 Å². The van der Waals surface area contributed by atoms with E-state index in [4.69, 9.17) is 0 Å². The van der Waals surface area contributed by atoms with Gasteiger partial charge in [0.15, 0.2) is 0 Å². The van der Waals surface area contributed by atoms with E-state index in [1.165, 1.54) is 20.0 Å². The van der Waals surface area contributed by atoms with Gasteiger partial charge in [0.05, 0.1) is 24.2 Å². The van der Waals surface area contributed by atoms with Crippen molar-refractivity contribution in [3.63, 3.8) is 0 Å². The highest BCUT2D eigenvalue weighted by atomic mass is 127. The molecule has 0 amide bonds. The Labute approximate surface area is 365 Å². The van der Waals surface area contributed by atoms with Crippen LogP contribution in [0.2, 0.25) is 39.3 Å². The molecule has 0 aromatic rings. The maximum absolute atomic E-state index is 14.6. The first-order valence-corrected chi connectivity index (χ1v) is 28.6. The van der Waals surface area contributed by atoms with E-state index in [2.05, 4.69) is 26.3 Å². The van der Waals surface area contributed by atoms with Crippen LogP contribution in [0.4, 0.5) is 105 Å². The first-order chi connectivity index (χ1) is 26.1. The average Bonchev–Trinajstić information content (AvgIpc) is 3.08. The molecule has 0 aromatic heterocycles. The molecule has 0 aliphatic heterocycles. The summed E-state index contributed by atoms with van der Waals surface area (Å²) in [5, 5.41) is 0. The Morgan fingerprint density at radius 3 is 0.967 bits per heavy atom. The lowest BCUT2D eigenvalue weighted by atomic mass is 9.90. The summed E-state index contributed by atoms with van der Waals surface area (Å²) < 4.78 is 335. The van der Waals surface area contributed by atoms with E-state index in [1.807, 2.05) is 11.4 Å². The van der Waals surface area contributed by atoms with Gasteiger partial charge in [0.2, 0.25) is 0 Å². The van der Waals surface area contributed by atoms with E-state index in [9.17, 15) is 105 Å². The average molecular weight is 1220 g/mol. The lowest BCUT2D eigenvalue weighted by Gasteiger charge is -2.42. The molecule has 0 saturated carbocycles. The van der Waals surface area contributed by atoms with Gasteiger partial charge in [0.1, 0.15) is 0 Å². The lowest BCUT2D eigenvalue weighted by molar-refractivity contribution is -0.420. The minimum atomic E-state index is -8.09. The predicted molar refractivity (Wildman–Crippen MR) is 207 cm³/mol. The van der Waals surface area contributed by atoms with Crippen LogP contribution in [0.15, 0.2) is 48.1 Å². The van der Waals surface area contributed by atoms with E-state index < -0.39 is 139 Å². The fraction of sp³-hybridized carbons (Fsp3) is 0.750. The van der Waals surface area contributed by atoms with Crippen molar-refractivity contribution < 1.29 is 105 Å². The van der Waals surface area contributed by atoms with Crippen molar-refractivity contribution in [3.05, 3.63) is 48.1 Å². The van der Waals surface area contributed by atoms with Crippen LogP contribution in [0.5, 0.6) is 0 Å². The first-order valence-electron chi connectivity index (χ1n) is 16.6. The fourth-order valence-corrected chi connectivity index (χ4v) is 13.0. The summed E-state index contributed by atoms with van der Waals surface area (Å²) >= 11 is 2.84. The number of hydrogen-bond donors (Lipinski definition) is 0. The minimum Gasteiger partial charge on any atom is -0.200 e. The zero-order valence-corrected chi connectivity index (χ0v) is 40.1. The highest BCUT2D eigenvalue weighted by Gasteiger charge is 2.91. The third kappa shape index (κ3) is 11.9. The van der Waals surface area contributed by atoms with Gasteiger partial charge in [-0.3, -0.25) is 0 Å². The summed E-state index contributed by atoms with van der Waals surface area (Å²) in [6.45, 7) is 15.3. The van der Waals surface area contributed by atoms with Crippen molar-refractivity contribution in [2.75, 3.05) is 0 Å². The molecule has 0 aliphatic carbocycles. The van der Waals surface area contributed by atoms with Crippen LogP contribution in [0.1, 0.15) is 26.7 Å². The van der Waals surface area contributed by atoms with E-state index in [-0.39, 0.29) is 19.5 Å². The van der Waals surface area contributed by atoms with Gasteiger partial charge in [-0.2, -0.15) is 105 Å². The highest BCUT2D eigenvalue weighted by molar-refractivity contribution is 14.1. The van der Waals surface area contributed by atoms with Crippen LogP contribution in [-0.4, -0.2) is 102 Å². The van der Waals surface area contributed by atoms with E-state index in [0.717, 1.165) is 22.6 Å². The third-order valence-electron chi connectivity index (χ3n) is 9.12. The Kier molecular flexibility index (Phi) is 19.4. The number of allylic oxidation sites excluding steroid dienone is 2. The zero-order chi connectivity index (χ0) is 50.3. The van der Waals surface area contributed by atoms with Gasteiger partial charge in [0, 0.05) is 20.4 Å². The van der Waals surface area contributed by atoms with Crippen molar-refractivity contribution in [2.24, 2.45) is 0 Å². The summed E-state index contributed by atoms with van der Waals surface area (Å²) in [5.74, 6) is -88.8. The van der Waals surface area contributed by atoms with E-state index in [0.29, 0.717) is 0 Å². The van der Waals surface area contributed by atoms with Crippen LogP contribution in [0.3, 0.4) is 0 Å². The van der Waals surface area contributed by atoms with E-state index in [1.54, 1.807) is 22.6 Å². The minimum absolute atomic E-state index is 0.230. The predicted octanol–water partition coefficient (Wildman–Crippen LogP) is 15.9. The number of alkyl halides is 26. The van der Waals surface area contributed by atoms with Crippen LogP contribution in [0, 0.1) is 0 Å². The van der Waals surface area contributed by atoms with E-state index >= 15 is 0 Å². The van der Waals surface area contributed by atoms with Gasteiger partial charge in [-0.25, -0.2) is 0 Å². The molecular formula is C32H40F24I2Si3. The second kappa shape index (κ2) is 18.9. The largest absolute Gasteiger partial charge is 0.385 e. The molecule has 2 unspecified atom stereocenters. The summed E-state index contributed by atoms with van der Waals surface area (Å²) in [4.78, 5) is 0. The summed E-state index contributed by atoms with van der Waals surface area (Å²) in [5.41, 5.74) is 2.78. The summed E-state index contributed by atoms with van der Waals surface area (Å²) in [6, 6.07) is 0. The van der Waals surface area contributed by atoms with Gasteiger partial charge in [-0.05, 0) is 18.6 Å². The van der Waals surface area contributed by atoms with Crippen molar-refractivity contribution in [1.29, 1.82) is 0 Å².